The molecule has 3 nitrogen and oxygen atoms in total. The quantitative estimate of drug-likeness (QED) is 0.764. The number of esters is 1. The third kappa shape index (κ3) is 2.94. The van der Waals surface area contributed by atoms with Gasteiger partial charge in [-0.15, -0.1) is 0 Å². The molecule has 1 aromatic carbocycles. The van der Waals surface area contributed by atoms with Crippen molar-refractivity contribution in [3.63, 3.8) is 0 Å². The standard InChI is InChI=1S/C11H9ClFNO2/c1-2-16-10(15)5-7-3-8(6-14)11(13)9(12)4-7/h3-4H,2,5H2,1H3. The summed E-state index contributed by atoms with van der Waals surface area (Å²) in [6.45, 7) is 1.97. The molecule has 16 heavy (non-hydrogen) atoms. The molecule has 0 saturated carbocycles. The first-order valence-electron chi connectivity index (χ1n) is 4.62. The van der Waals surface area contributed by atoms with E-state index < -0.39 is 11.8 Å². The van der Waals surface area contributed by atoms with E-state index in [4.69, 9.17) is 21.6 Å². The number of halogens is 2. The Kier molecular flexibility index (Phi) is 4.27. The third-order valence-electron chi connectivity index (χ3n) is 1.86. The van der Waals surface area contributed by atoms with E-state index in [1.54, 1.807) is 13.0 Å². The highest BCUT2D eigenvalue weighted by Crippen LogP contribution is 2.20. The Labute approximate surface area is 97.4 Å². The van der Waals surface area contributed by atoms with Crippen LogP contribution in [0, 0.1) is 17.1 Å². The Morgan fingerprint density at radius 2 is 2.31 bits per heavy atom. The summed E-state index contributed by atoms with van der Waals surface area (Å²) >= 11 is 5.58. The Morgan fingerprint density at radius 1 is 1.62 bits per heavy atom. The van der Waals surface area contributed by atoms with Crippen LogP contribution < -0.4 is 0 Å². The molecule has 5 heteroatoms. The molecule has 0 unspecified atom stereocenters. The molecule has 0 bridgehead atoms. The summed E-state index contributed by atoms with van der Waals surface area (Å²) in [4.78, 5) is 11.2. The van der Waals surface area contributed by atoms with E-state index in [2.05, 4.69) is 0 Å². The molecule has 1 rings (SSSR count). The molecule has 84 valence electrons. The second kappa shape index (κ2) is 5.47. The van der Waals surface area contributed by atoms with E-state index in [1.807, 2.05) is 0 Å². The summed E-state index contributed by atoms with van der Waals surface area (Å²) in [6.07, 6.45) is -0.0253. The first kappa shape index (κ1) is 12.5. The van der Waals surface area contributed by atoms with Crippen LogP contribution in [0.15, 0.2) is 12.1 Å². The number of ether oxygens (including phenoxy) is 1. The lowest BCUT2D eigenvalue weighted by molar-refractivity contribution is -0.142. The maximum atomic E-state index is 13.2. The zero-order valence-electron chi connectivity index (χ0n) is 8.59. The van der Waals surface area contributed by atoms with Gasteiger partial charge in [0.05, 0.1) is 23.6 Å². The minimum absolute atomic E-state index is 0.0253. The van der Waals surface area contributed by atoms with Crippen molar-refractivity contribution in [2.75, 3.05) is 6.61 Å². The molecule has 0 spiro atoms. The molecular formula is C11H9ClFNO2. The maximum Gasteiger partial charge on any atom is 0.310 e. The number of rotatable bonds is 3. The molecule has 0 fully saturated rings. The van der Waals surface area contributed by atoms with Crippen LogP contribution in [0.5, 0.6) is 0 Å². The lowest BCUT2D eigenvalue weighted by atomic mass is 10.1. The minimum atomic E-state index is -0.767. The normalized spacial score (nSPS) is 9.62. The van der Waals surface area contributed by atoms with Crippen LogP contribution in [0.4, 0.5) is 4.39 Å². The second-order valence-corrected chi connectivity index (χ2v) is 3.44. The number of carbonyl (C=O) groups excluding carboxylic acids is 1. The van der Waals surface area contributed by atoms with Gasteiger partial charge in [-0.2, -0.15) is 5.26 Å². The molecule has 0 aromatic heterocycles. The summed E-state index contributed by atoms with van der Waals surface area (Å²) in [7, 11) is 0. The van der Waals surface area contributed by atoms with Crippen LogP contribution >= 0.6 is 11.6 Å². The average Bonchev–Trinajstić information content (AvgIpc) is 2.23. The second-order valence-electron chi connectivity index (χ2n) is 3.03. The van der Waals surface area contributed by atoms with Crippen molar-refractivity contribution in [2.24, 2.45) is 0 Å². The van der Waals surface area contributed by atoms with E-state index in [-0.39, 0.29) is 23.6 Å². The Hall–Kier alpha value is -1.60. The predicted octanol–water partition coefficient (Wildman–Crippen LogP) is 2.46. The van der Waals surface area contributed by atoms with Gasteiger partial charge in [-0.05, 0) is 24.6 Å². The van der Waals surface area contributed by atoms with Crippen LogP contribution in [-0.4, -0.2) is 12.6 Å². The van der Waals surface area contributed by atoms with E-state index in [0.717, 1.165) is 0 Å². The highest BCUT2D eigenvalue weighted by molar-refractivity contribution is 6.30. The van der Waals surface area contributed by atoms with Crippen LogP contribution in [0.25, 0.3) is 0 Å². The largest absolute Gasteiger partial charge is 0.466 e. The summed E-state index contributed by atoms with van der Waals surface area (Å²) in [6, 6.07) is 4.27. The fourth-order valence-corrected chi connectivity index (χ4v) is 1.45. The Balaban J connectivity index is 2.95. The molecule has 0 radical (unpaired) electrons. The monoisotopic (exact) mass is 241 g/mol. The van der Waals surface area contributed by atoms with Crippen molar-refractivity contribution in [2.45, 2.75) is 13.3 Å². The van der Waals surface area contributed by atoms with Crippen molar-refractivity contribution < 1.29 is 13.9 Å². The number of nitrogens with zero attached hydrogens (tertiary/aromatic N) is 1. The molecule has 0 atom stereocenters. The molecule has 0 amide bonds. The fraction of sp³-hybridized carbons (Fsp3) is 0.273. The smallest absolute Gasteiger partial charge is 0.310 e. The van der Waals surface area contributed by atoms with Gasteiger partial charge in [0.2, 0.25) is 0 Å². The van der Waals surface area contributed by atoms with Gasteiger partial charge < -0.3 is 4.74 Å². The van der Waals surface area contributed by atoms with Crippen molar-refractivity contribution in [1.29, 1.82) is 5.26 Å². The lowest BCUT2D eigenvalue weighted by Crippen LogP contribution is -2.08. The van der Waals surface area contributed by atoms with E-state index >= 15 is 0 Å². The maximum absolute atomic E-state index is 13.2. The topological polar surface area (TPSA) is 50.1 Å². The van der Waals surface area contributed by atoms with Gasteiger partial charge in [-0.25, -0.2) is 4.39 Å². The summed E-state index contributed by atoms with van der Waals surface area (Å²) < 4.78 is 17.9. The zero-order valence-corrected chi connectivity index (χ0v) is 9.34. The van der Waals surface area contributed by atoms with Crippen molar-refractivity contribution in [3.05, 3.63) is 34.1 Å². The van der Waals surface area contributed by atoms with Gasteiger partial charge in [0.25, 0.3) is 0 Å². The number of carbonyl (C=O) groups is 1. The number of nitriles is 1. The van der Waals surface area contributed by atoms with Crippen molar-refractivity contribution >= 4 is 17.6 Å². The zero-order chi connectivity index (χ0) is 12.1. The van der Waals surface area contributed by atoms with Gasteiger partial charge in [0, 0.05) is 0 Å². The van der Waals surface area contributed by atoms with Crippen molar-refractivity contribution in [1.82, 2.24) is 0 Å². The highest BCUT2D eigenvalue weighted by atomic mass is 35.5. The molecule has 1 aromatic rings. The molecule has 0 saturated heterocycles. The molecule has 0 aliphatic rings. The highest BCUT2D eigenvalue weighted by Gasteiger charge is 2.11. The van der Waals surface area contributed by atoms with Gasteiger partial charge in [0.1, 0.15) is 6.07 Å². The van der Waals surface area contributed by atoms with Crippen molar-refractivity contribution in [3.8, 4) is 6.07 Å². The summed E-state index contributed by atoms with van der Waals surface area (Å²) in [5.41, 5.74) is 0.285. The Bertz CT molecular complexity index is 454. The van der Waals surface area contributed by atoms with Gasteiger partial charge in [0.15, 0.2) is 5.82 Å². The van der Waals surface area contributed by atoms with Crippen LogP contribution in [0.1, 0.15) is 18.1 Å². The molecular weight excluding hydrogens is 233 g/mol. The molecule has 0 N–H and O–H groups in total. The van der Waals surface area contributed by atoms with E-state index in [1.165, 1.54) is 12.1 Å². The first-order chi connectivity index (χ1) is 7.58. The number of hydrogen-bond acceptors (Lipinski definition) is 3. The predicted molar refractivity (Wildman–Crippen MR) is 56.5 cm³/mol. The fourth-order valence-electron chi connectivity index (χ4n) is 1.21. The van der Waals surface area contributed by atoms with Crippen LogP contribution in [-0.2, 0) is 16.0 Å². The van der Waals surface area contributed by atoms with Gasteiger partial charge >= 0.3 is 5.97 Å². The SMILES string of the molecule is CCOC(=O)Cc1cc(Cl)c(F)c(C#N)c1. The van der Waals surface area contributed by atoms with Gasteiger partial charge in [-0.1, -0.05) is 11.6 Å². The molecule has 0 aliphatic heterocycles. The average molecular weight is 242 g/mol. The molecule has 0 aliphatic carbocycles. The Morgan fingerprint density at radius 3 is 2.88 bits per heavy atom. The third-order valence-corrected chi connectivity index (χ3v) is 2.14. The summed E-state index contributed by atoms with van der Waals surface area (Å²) in [5.74, 6) is -1.20. The first-order valence-corrected chi connectivity index (χ1v) is 5.00. The minimum Gasteiger partial charge on any atom is -0.466 e. The lowest BCUT2D eigenvalue weighted by Gasteiger charge is -2.04. The van der Waals surface area contributed by atoms with E-state index in [0.29, 0.717) is 5.56 Å². The molecule has 0 heterocycles. The number of hydrogen-bond donors (Lipinski definition) is 0. The van der Waals surface area contributed by atoms with E-state index in [9.17, 15) is 9.18 Å². The number of benzene rings is 1. The van der Waals surface area contributed by atoms with Gasteiger partial charge in [-0.3, -0.25) is 4.79 Å². The summed E-state index contributed by atoms with van der Waals surface area (Å²) in [5, 5.41) is 8.47. The van der Waals surface area contributed by atoms with Crippen LogP contribution in [0.3, 0.4) is 0 Å². The van der Waals surface area contributed by atoms with Crippen LogP contribution in [0.2, 0.25) is 5.02 Å².